The number of hydrogen-bond acceptors (Lipinski definition) is 4. The van der Waals surface area contributed by atoms with Gasteiger partial charge in [-0.05, 0) is 61.7 Å². The number of phenols is 1. The number of hydrogen-bond donors (Lipinski definition) is 3. The highest BCUT2D eigenvalue weighted by Crippen LogP contribution is 2.41. The van der Waals surface area contributed by atoms with Gasteiger partial charge in [0.15, 0.2) is 0 Å². The topological polar surface area (TPSA) is 74.2 Å². The summed E-state index contributed by atoms with van der Waals surface area (Å²) in [6, 6.07) is 13.5. The lowest BCUT2D eigenvalue weighted by molar-refractivity contribution is 0.0952. The predicted molar refractivity (Wildman–Crippen MR) is 115 cm³/mol. The van der Waals surface area contributed by atoms with Crippen molar-refractivity contribution in [2.24, 2.45) is 0 Å². The minimum atomic E-state index is -0.231. The van der Waals surface area contributed by atoms with Crippen LogP contribution in [0.25, 0.3) is 11.3 Å². The van der Waals surface area contributed by atoms with Crippen LogP contribution in [0.3, 0.4) is 0 Å². The van der Waals surface area contributed by atoms with E-state index in [1.165, 1.54) is 6.07 Å². The summed E-state index contributed by atoms with van der Waals surface area (Å²) in [5, 5.41) is 15.9. The Labute approximate surface area is 175 Å². The molecule has 0 fully saturated rings. The fourth-order valence-corrected chi connectivity index (χ4v) is 4.13. The maximum absolute atomic E-state index is 14.1. The molecule has 5 nitrogen and oxygen atoms in total. The van der Waals surface area contributed by atoms with E-state index in [9.17, 15) is 14.3 Å². The van der Waals surface area contributed by atoms with E-state index in [4.69, 9.17) is 0 Å². The Kier molecular flexibility index (Phi) is 5.40. The van der Waals surface area contributed by atoms with Gasteiger partial charge in [-0.15, -0.1) is 0 Å². The molecule has 0 saturated carbocycles. The number of rotatable bonds is 5. The van der Waals surface area contributed by atoms with Gasteiger partial charge < -0.3 is 15.7 Å². The number of anilines is 1. The van der Waals surface area contributed by atoms with Crippen LogP contribution in [0.2, 0.25) is 0 Å². The highest BCUT2D eigenvalue weighted by molar-refractivity contribution is 5.95. The highest BCUT2D eigenvalue weighted by atomic mass is 19.1. The third kappa shape index (κ3) is 3.85. The summed E-state index contributed by atoms with van der Waals surface area (Å²) < 4.78 is 14.1. The number of benzene rings is 2. The van der Waals surface area contributed by atoms with Gasteiger partial charge in [-0.25, -0.2) is 4.39 Å². The van der Waals surface area contributed by atoms with Crippen LogP contribution in [0.4, 0.5) is 10.1 Å². The van der Waals surface area contributed by atoms with Crippen LogP contribution in [0.15, 0.2) is 54.7 Å². The lowest BCUT2D eigenvalue weighted by Crippen LogP contribution is -2.27. The van der Waals surface area contributed by atoms with Crippen LogP contribution in [0, 0.1) is 12.7 Å². The number of amides is 1. The summed E-state index contributed by atoms with van der Waals surface area (Å²) in [4.78, 5) is 16.9. The Balaban J connectivity index is 1.43. The summed E-state index contributed by atoms with van der Waals surface area (Å²) in [6.07, 6.45) is 2.29. The van der Waals surface area contributed by atoms with Crippen LogP contribution in [0.5, 0.6) is 5.75 Å². The number of aromatic nitrogens is 1. The second kappa shape index (κ2) is 8.14. The molecule has 0 radical (unpaired) electrons. The third-order valence-corrected chi connectivity index (χ3v) is 5.66. The molecule has 2 heterocycles. The summed E-state index contributed by atoms with van der Waals surface area (Å²) in [5.41, 5.74) is 4.51. The number of carbonyl (C=O) groups excluding carboxylic acids is 1. The van der Waals surface area contributed by atoms with Crippen molar-refractivity contribution in [1.29, 1.82) is 0 Å². The van der Waals surface area contributed by atoms with E-state index in [1.54, 1.807) is 42.6 Å². The van der Waals surface area contributed by atoms with Crippen molar-refractivity contribution in [1.82, 2.24) is 10.3 Å². The fourth-order valence-electron chi connectivity index (χ4n) is 4.13. The molecule has 1 aliphatic heterocycles. The second-order valence-electron chi connectivity index (χ2n) is 7.72. The molecule has 1 aromatic heterocycles. The van der Waals surface area contributed by atoms with Crippen LogP contribution in [-0.2, 0) is 0 Å². The average molecular weight is 405 g/mol. The van der Waals surface area contributed by atoms with Crippen molar-refractivity contribution in [2.45, 2.75) is 32.2 Å². The first-order chi connectivity index (χ1) is 14.4. The van der Waals surface area contributed by atoms with Crippen molar-refractivity contribution in [3.05, 3.63) is 77.2 Å². The van der Waals surface area contributed by atoms with Crippen molar-refractivity contribution < 1.29 is 14.3 Å². The molecule has 0 saturated heterocycles. The Morgan fingerprint density at radius 3 is 2.87 bits per heavy atom. The molecular weight excluding hydrogens is 381 g/mol. The van der Waals surface area contributed by atoms with E-state index in [0.717, 1.165) is 16.7 Å². The Morgan fingerprint density at radius 1 is 1.23 bits per heavy atom. The number of aryl methyl sites for hydroxylation is 1. The SMILES string of the molecule is Cc1ccc(F)c2c1C(CCNC(=O)c1ccnc(-c3cccc(O)c3)c1)C(C)N2. The van der Waals surface area contributed by atoms with E-state index in [2.05, 4.69) is 15.6 Å². The summed E-state index contributed by atoms with van der Waals surface area (Å²) >= 11 is 0. The highest BCUT2D eigenvalue weighted by Gasteiger charge is 2.32. The number of nitrogens with zero attached hydrogens (tertiary/aromatic N) is 1. The Bertz CT molecular complexity index is 1100. The van der Waals surface area contributed by atoms with Crippen LogP contribution >= 0.6 is 0 Å². The number of phenolic OH excluding ortho intramolecular Hbond substituents is 1. The van der Waals surface area contributed by atoms with E-state index >= 15 is 0 Å². The van der Waals surface area contributed by atoms with Gasteiger partial charge in [-0.3, -0.25) is 9.78 Å². The molecule has 0 spiro atoms. The quantitative estimate of drug-likeness (QED) is 0.579. The van der Waals surface area contributed by atoms with E-state index in [0.29, 0.717) is 29.9 Å². The minimum Gasteiger partial charge on any atom is -0.508 e. The van der Waals surface area contributed by atoms with Gasteiger partial charge in [0, 0.05) is 35.8 Å². The van der Waals surface area contributed by atoms with Gasteiger partial charge in [0.05, 0.1) is 11.4 Å². The molecular formula is C24H24FN3O2. The Hall–Kier alpha value is -3.41. The summed E-state index contributed by atoms with van der Waals surface area (Å²) in [7, 11) is 0. The molecule has 154 valence electrons. The summed E-state index contributed by atoms with van der Waals surface area (Å²) in [5.74, 6) is -0.134. The smallest absolute Gasteiger partial charge is 0.251 e. The average Bonchev–Trinajstić information content (AvgIpc) is 3.08. The van der Waals surface area contributed by atoms with Crippen LogP contribution in [-0.4, -0.2) is 28.6 Å². The predicted octanol–water partition coefficient (Wildman–Crippen LogP) is 4.62. The number of pyridine rings is 1. The van der Waals surface area contributed by atoms with Gasteiger partial charge in [0.1, 0.15) is 11.6 Å². The fraction of sp³-hybridized carbons (Fsp3) is 0.250. The molecule has 2 unspecified atom stereocenters. The first-order valence-electron chi connectivity index (χ1n) is 10.0. The Morgan fingerprint density at radius 2 is 2.07 bits per heavy atom. The monoisotopic (exact) mass is 405 g/mol. The van der Waals surface area contributed by atoms with Crippen molar-refractivity contribution in [3.8, 4) is 17.0 Å². The lowest BCUT2D eigenvalue weighted by Gasteiger charge is -2.18. The zero-order valence-corrected chi connectivity index (χ0v) is 16.9. The van der Waals surface area contributed by atoms with Crippen molar-refractivity contribution >= 4 is 11.6 Å². The largest absolute Gasteiger partial charge is 0.508 e. The van der Waals surface area contributed by atoms with E-state index in [-0.39, 0.29) is 29.4 Å². The maximum atomic E-state index is 14.1. The van der Waals surface area contributed by atoms with Gasteiger partial charge in [-0.2, -0.15) is 0 Å². The minimum absolute atomic E-state index is 0.103. The maximum Gasteiger partial charge on any atom is 0.251 e. The molecule has 3 aromatic rings. The third-order valence-electron chi connectivity index (χ3n) is 5.66. The van der Waals surface area contributed by atoms with Gasteiger partial charge in [-0.1, -0.05) is 18.2 Å². The van der Waals surface area contributed by atoms with Crippen molar-refractivity contribution in [2.75, 3.05) is 11.9 Å². The van der Waals surface area contributed by atoms with Gasteiger partial charge in [0.25, 0.3) is 5.91 Å². The molecule has 0 aliphatic carbocycles. The number of carbonyl (C=O) groups is 1. The molecule has 2 atom stereocenters. The van der Waals surface area contributed by atoms with Gasteiger partial charge in [0.2, 0.25) is 0 Å². The first-order valence-corrected chi connectivity index (χ1v) is 10.0. The number of nitrogens with one attached hydrogen (secondary N) is 2. The summed E-state index contributed by atoms with van der Waals surface area (Å²) in [6.45, 7) is 4.51. The van der Waals surface area contributed by atoms with Crippen molar-refractivity contribution in [3.63, 3.8) is 0 Å². The molecule has 1 aliphatic rings. The number of fused-ring (bicyclic) bond motifs is 1. The zero-order chi connectivity index (χ0) is 21.3. The van der Waals surface area contributed by atoms with E-state index < -0.39 is 0 Å². The molecule has 1 amide bonds. The van der Waals surface area contributed by atoms with Gasteiger partial charge >= 0.3 is 0 Å². The molecule has 2 aromatic carbocycles. The molecule has 4 rings (SSSR count). The molecule has 3 N–H and O–H groups in total. The van der Waals surface area contributed by atoms with Crippen LogP contribution in [0.1, 0.15) is 40.7 Å². The number of halogens is 1. The van der Waals surface area contributed by atoms with E-state index in [1.807, 2.05) is 19.9 Å². The normalized spacial score (nSPS) is 17.3. The second-order valence-corrected chi connectivity index (χ2v) is 7.72. The standard InChI is InChI=1S/C24H24FN3O2/c1-14-6-7-20(25)23-22(14)19(15(2)28-23)9-11-27-24(30)17-8-10-26-21(13-17)16-4-3-5-18(29)12-16/h3-8,10,12-13,15,19,28-29H,9,11H2,1-2H3,(H,27,30). The zero-order valence-electron chi connectivity index (χ0n) is 16.9. The van der Waals surface area contributed by atoms with Crippen LogP contribution < -0.4 is 10.6 Å². The first kappa shape index (κ1) is 19.9. The number of aromatic hydroxyl groups is 1. The molecule has 6 heteroatoms. The molecule has 30 heavy (non-hydrogen) atoms. The lowest BCUT2D eigenvalue weighted by atomic mass is 9.89. The molecule has 0 bridgehead atoms.